The van der Waals surface area contributed by atoms with Gasteiger partial charge in [-0.25, -0.2) is 0 Å². The maximum absolute atomic E-state index is 5.67. The Morgan fingerprint density at radius 1 is 0.692 bits per heavy atom. The van der Waals surface area contributed by atoms with E-state index in [-0.39, 0.29) is 10.8 Å². The Kier molecular flexibility index (Phi) is 6.88. The molecule has 26 heavy (non-hydrogen) atoms. The van der Waals surface area contributed by atoms with E-state index in [9.17, 15) is 0 Å². The van der Waals surface area contributed by atoms with Crippen LogP contribution in [-0.2, 0) is 15.6 Å². The molecule has 0 unspecified atom stereocenters. The molecule has 0 aliphatic heterocycles. The summed E-state index contributed by atoms with van der Waals surface area (Å²) < 4.78 is 10.7. The minimum absolute atomic E-state index is 0.132. The molecule has 0 spiro atoms. The molecular formula is C24H34O2. The average molecular weight is 355 g/mol. The summed E-state index contributed by atoms with van der Waals surface area (Å²) in [6.07, 6.45) is 2.28. The number of methoxy groups -OCH3 is 1. The van der Waals surface area contributed by atoms with Crippen LogP contribution < -0.4 is 4.74 Å². The predicted molar refractivity (Wildman–Crippen MR) is 110 cm³/mol. The quantitative estimate of drug-likeness (QED) is 0.510. The fourth-order valence-corrected chi connectivity index (χ4v) is 3.16. The van der Waals surface area contributed by atoms with Crippen molar-refractivity contribution in [2.24, 2.45) is 0 Å². The van der Waals surface area contributed by atoms with Gasteiger partial charge in [-0.3, -0.25) is 0 Å². The molecule has 0 aliphatic carbocycles. The van der Waals surface area contributed by atoms with Crippen molar-refractivity contribution >= 4 is 0 Å². The molecule has 2 nitrogen and oxygen atoms in total. The van der Waals surface area contributed by atoms with Crippen LogP contribution in [0.1, 0.15) is 57.2 Å². The van der Waals surface area contributed by atoms with E-state index in [2.05, 4.69) is 83.1 Å². The lowest BCUT2D eigenvalue weighted by molar-refractivity contribution is 0.146. The summed E-state index contributed by atoms with van der Waals surface area (Å²) in [7, 11) is 1.69. The van der Waals surface area contributed by atoms with Gasteiger partial charge in [0.1, 0.15) is 12.4 Å². The van der Waals surface area contributed by atoms with Crippen LogP contribution in [0.3, 0.4) is 0 Å². The van der Waals surface area contributed by atoms with Crippen molar-refractivity contribution in [3.05, 3.63) is 65.2 Å². The topological polar surface area (TPSA) is 18.5 Å². The zero-order valence-electron chi connectivity index (χ0n) is 17.3. The Hall–Kier alpha value is -1.80. The fraction of sp³-hybridized carbons (Fsp3) is 0.500. The molecule has 0 N–H and O–H groups in total. The second kappa shape index (κ2) is 8.73. The molecule has 0 aliphatic rings. The van der Waals surface area contributed by atoms with Crippen molar-refractivity contribution < 1.29 is 9.47 Å². The molecule has 0 heterocycles. The first-order chi connectivity index (χ1) is 12.2. The molecule has 0 aromatic heterocycles. The van der Waals surface area contributed by atoms with Crippen molar-refractivity contribution in [2.75, 3.05) is 20.3 Å². The normalized spacial score (nSPS) is 12.2. The first kappa shape index (κ1) is 20.5. The highest BCUT2D eigenvalue weighted by molar-refractivity contribution is 5.32. The molecule has 2 aromatic rings. The second-order valence-electron chi connectivity index (χ2n) is 8.50. The first-order valence-electron chi connectivity index (χ1n) is 9.54. The Morgan fingerprint density at radius 3 is 1.62 bits per heavy atom. The van der Waals surface area contributed by atoms with Gasteiger partial charge in [0.05, 0.1) is 6.61 Å². The summed E-state index contributed by atoms with van der Waals surface area (Å²) in [6.45, 7) is 12.7. The van der Waals surface area contributed by atoms with Gasteiger partial charge in [-0.05, 0) is 53.9 Å². The lowest BCUT2D eigenvalue weighted by atomic mass is 9.73. The van der Waals surface area contributed by atoms with Crippen molar-refractivity contribution in [2.45, 2.75) is 58.3 Å². The summed E-state index contributed by atoms with van der Waals surface area (Å²) in [5.74, 6) is 0.904. The van der Waals surface area contributed by atoms with Gasteiger partial charge in [-0.15, -0.1) is 0 Å². The largest absolute Gasteiger partial charge is 0.491 e. The van der Waals surface area contributed by atoms with E-state index < -0.39 is 0 Å². The van der Waals surface area contributed by atoms with Crippen molar-refractivity contribution in [1.29, 1.82) is 0 Å². The summed E-state index contributed by atoms with van der Waals surface area (Å²) in [5, 5.41) is 0. The van der Waals surface area contributed by atoms with Gasteiger partial charge in [0.2, 0.25) is 0 Å². The van der Waals surface area contributed by atoms with Crippen LogP contribution in [0.15, 0.2) is 48.5 Å². The maximum Gasteiger partial charge on any atom is 0.119 e. The monoisotopic (exact) mass is 354 g/mol. The molecule has 0 bridgehead atoms. The highest BCUT2D eigenvalue weighted by Gasteiger charge is 2.27. The summed E-state index contributed by atoms with van der Waals surface area (Å²) in [6, 6.07) is 17.5. The van der Waals surface area contributed by atoms with Gasteiger partial charge in [0.15, 0.2) is 0 Å². The second-order valence-corrected chi connectivity index (χ2v) is 8.50. The molecule has 2 aromatic carbocycles. The molecule has 0 amide bonds. The van der Waals surface area contributed by atoms with Gasteiger partial charge in [0.25, 0.3) is 0 Å². The minimum Gasteiger partial charge on any atom is -0.491 e. The van der Waals surface area contributed by atoms with Gasteiger partial charge >= 0.3 is 0 Å². The van der Waals surface area contributed by atoms with Gasteiger partial charge in [0, 0.05) is 7.11 Å². The van der Waals surface area contributed by atoms with E-state index in [0.29, 0.717) is 13.2 Å². The van der Waals surface area contributed by atoms with E-state index >= 15 is 0 Å². The van der Waals surface area contributed by atoms with Gasteiger partial charge in [-0.1, -0.05) is 69.7 Å². The van der Waals surface area contributed by atoms with Crippen molar-refractivity contribution in [3.8, 4) is 5.75 Å². The van der Waals surface area contributed by atoms with Crippen molar-refractivity contribution in [3.63, 3.8) is 0 Å². The van der Waals surface area contributed by atoms with Crippen LogP contribution in [-0.4, -0.2) is 20.3 Å². The van der Waals surface area contributed by atoms with Crippen LogP contribution in [0.25, 0.3) is 0 Å². The van der Waals surface area contributed by atoms with Crippen molar-refractivity contribution in [1.82, 2.24) is 0 Å². The summed E-state index contributed by atoms with van der Waals surface area (Å²) >= 11 is 0. The Labute approximate surface area is 159 Å². The van der Waals surface area contributed by atoms with Crippen LogP contribution in [0.4, 0.5) is 0 Å². The molecule has 0 saturated heterocycles. The molecule has 142 valence electrons. The third kappa shape index (κ3) is 5.60. The SMILES string of the molecule is COCCOc1ccc(C(C)(C)CCC(C)(C)c2ccc(C)cc2)cc1. The summed E-state index contributed by atoms with van der Waals surface area (Å²) in [4.78, 5) is 0. The average Bonchev–Trinajstić information content (AvgIpc) is 2.61. The van der Waals surface area contributed by atoms with E-state index in [1.54, 1.807) is 7.11 Å². The Morgan fingerprint density at radius 2 is 1.15 bits per heavy atom. The highest BCUT2D eigenvalue weighted by Crippen LogP contribution is 2.36. The van der Waals surface area contributed by atoms with E-state index in [0.717, 1.165) is 18.6 Å². The molecule has 0 radical (unpaired) electrons. The number of rotatable bonds is 9. The van der Waals surface area contributed by atoms with Crippen LogP contribution in [0, 0.1) is 6.92 Å². The smallest absolute Gasteiger partial charge is 0.119 e. The molecule has 2 rings (SSSR count). The van der Waals surface area contributed by atoms with Crippen LogP contribution in [0.2, 0.25) is 0 Å². The summed E-state index contributed by atoms with van der Waals surface area (Å²) in [5.41, 5.74) is 4.40. The zero-order valence-corrected chi connectivity index (χ0v) is 17.3. The maximum atomic E-state index is 5.67. The van der Waals surface area contributed by atoms with E-state index in [1.807, 2.05) is 0 Å². The molecular weight excluding hydrogens is 320 g/mol. The number of benzene rings is 2. The lowest BCUT2D eigenvalue weighted by Gasteiger charge is -2.32. The third-order valence-corrected chi connectivity index (χ3v) is 5.40. The Balaban J connectivity index is 1.99. The van der Waals surface area contributed by atoms with Gasteiger partial charge in [-0.2, -0.15) is 0 Å². The molecule has 0 atom stereocenters. The number of hydrogen-bond donors (Lipinski definition) is 0. The van der Waals surface area contributed by atoms with Crippen LogP contribution >= 0.6 is 0 Å². The Bertz CT molecular complexity index is 666. The number of ether oxygens (including phenoxy) is 2. The molecule has 2 heteroatoms. The van der Waals surface area contributed by atoms with Gasteiger partial charge < -0.3 is 9.47 Å². The highest BCUT2D eigenvalue weighted by atomic mass is 16.5. The predicted octanol–water partition coefficient (Wildman–Crippen LogP) is 6.06. The minimum atomic E-state index is 0.132. The third-order valence-electron chi connectivity index (χ3n) is 5.40. The standard InChI is InChI=1S/C24H34O2/c1-19-7-9-20(10-8-19)23(2,3)15-16-24(4,5)21-11-13-22(14-12-21)26-18-17-25-6/h7-14H,15-18H2,1-6H3. The van der Waals surface area contributed by atoms with E-state index in [4.69, 9.17) is 9.47 Å². The number of aryl methyl sites for hydroxylation is 1. The molecule has 0 fully saturated rings. The zero-order chi connectivity index (χ0) is 19.2. The lowest BCUT2D eigenvalue weighted by Crippen LogP contribution is -2.24. The van der Waals surface area contributed by atoms with E-state index in [1.165, 1.54) is 16.7 Å². The number of hydrogen-bond acceptors (Lipinski definition) is 2. The molecule has 0 saturated carbocycles. The fourth-order valence-electron chi connectivity index (χ4n) is 3.16. The first-order valence-corrected chi connectivity index (χ1v) is 9.54. The van der Waals surface area contributed by atoms with Crippen LogP contribution in [0.5, 0.6) is 5.75 Å².